The first kappa shape index (κ1) is 12.0. The molecule has 2 aromatic rings. The van der Waals surface area contributed by atoms with Crippen LogP contribution in [0.25, 0.3) is 0 Å². The molecule has 0 fully saturated rings. The molecule has 5 heteroatoms. The van der Waals surface area contributed by atoms with Crippen molar-refractivity contribution in [2.75, 3.05) is 13.2 Å². The molecule has 1 unspecified atom stereocenters. The van der Waals surface area contributed by atoms with E-state index in [0.717, 1.165) is 29.0 Å². The Morgan fingerprint density at radius 1 is 1.37 bits per heavy atom. The summed E-state index contributed by atoms with van der Waals surface area (Å²) in [5.74, 6) is 1.57. The van der Waals surface area contributed by atoms with Gasteiger partial charge in [0.25, 0.3) is 0 Å². The normalized spacial score (nSPS) is 15.3. The van der Waals surface area contributed by atoms with E-state index in [0.29, 0.717) is 13.2 Å². The smallest absolute Gasteiger partial charge is 0.166 e. The van der Waals surface area contributed by atoms with Crippen molar-refractivity contribution in [1.82, 2.24) is 9.78 Å². The second-order valence-corrected chi connectivity index (χ2v) is 4.70. The maximum Gasteiger partial charge on any atom is 0.166 e. The highest BCUT2D eigenvalue weighted by molar-refractivity contribution is 5.49. The third-order valence-electron chi connectivity index (χ3n) is 3.21. The van der Waals surface area contributed by atoms with Crippen molar-refractivity contribution in [2.45, 2.75) is 12.5 Å². The number of hydrogen-bond donors (Lipinski definition) is 1. The third kappa shape index (κ3) is 2.42. The largest absolute Gasteiger partial charge is 0.486 e. The van der Waals surface area contributed by atoms with Crippen LogP contribution in [0.15, 0.2) is 30.6 Å². The lowest BCUT2D eigenvalue weighted by Gasteiger charge is -2.23. The lowest BCUT2D eigenvalue weighted by molar-refractivity contribution is 0.169. The van der Waals surface area contributed by atoms with Gasteiger partial charge in [0.05, 0.1) is 6.20 Å². The van der Waals surface area contributed by atoms with Gasteiger partial charge in [-0.15, -0.1) is 0 Å². The zero-order chi connectivity index (χ0) is 13.2. The maximum atomic E-state index is 6.29. The van der Waals surface area contributed by atoms with E-state index in [4.69, 9.17) is 15.2 Å². The summed E-state index contributed by atoms with van der Waals surface area (Å²) in [6.07, 6.45) is 4.55. The van der Waals surface area contributed by atoms with Gasteiger partial charge in [0, 0.05) is 24.8 Å². The van der Waals surface area contributed by atoms with E-state index in [-0.39, 0.29) is 6.04 Å². The molecule has 0 amide bonds. The molecule has 1 aliphatic heterocycles. The number of rotatable bonds is 3. The molecule has 100 valence electrons. The minimum Gasteiger partial charge on any atom is -0.486 e. The maximum absolute atomic E-state index is 6.29. The number of benzene rings is 1. The van der Waals surface area contributed by atoms with Crippen LogP contribution in [0.4, 0.5) is 0 Å². The van der Waals surface area contributed by atoms with E-state index in [2.05, 4.69) is 5.10 Å². The Kier molecular flexibility index (Phi) is 3.13. The minimum absolute atomic E-state index is 0.124. The quantitative estimate of drug-likeness (QED) is 0.906. The van der Waals surface area contributed by atoms with Gasteiger partial charge in [-0.05, 0) is 18.1 Å². The Labute approximate surface area is 111 Å². The van der Waals surface area contributed by atoms with E-state index >= 15 is 0 Å². The van der Waals surface area contributed by atoms with Crippen LogP contribution in [0.1, 0.15) is 17.2 Å². The van der Waals surface area contributed by atoms with Crippen LogP contribution in [-0.2, 0) is 13.5 Å². The summed E-state index contributed by atoms with van der Waals surface area (Å²) in [5.41, 5.74) is 8.39. The molecule has 19 heavy (non-hydrogen) atoms. The Balaban J connectivity index is 1.85. The van der Waals surface area contributed by atoms with Gasteiger partial charge >= 0.3 is 0 Å². The first-order chi connectivity index (χ1) is 9.24. The van der Waals surface area contributed by atoms with Crippen LogP contribution in [0.5, 0.6) is 11.5 Å². The molecule has 1 atom stereocenters. The molecule has 0 radical (unpaired) electrons. The Hall–Kier alpha value is -2.01. The predicted molar refractivity (Wildman–Crippen MR) is 71.3 cm³/mol. The van der Waals surface area contributed by atoms with Crippen molar-refractivity contribution < 1.29 is 9.47 Å². The summed E-state index contributed by atoms with van der Waals surface area (Å²) in [4.78, 5) is 0. The number of para-hydroxylation sites is 1. The predicted octanol–water partition coefficient (Wildman–Crippen LogP) is 1.43. The number of ether oxygens (including phenoxy) is 2. The number of nitrogens with two attached hydrogens (primary N) is 1. The van der Waals surface area contributed by atoms with Crippen molar-refractivity contribution in [3.8, 4) is 11.5 Å². The highest BCUT2D eigenvalue weighted by Crippen LogP contribution is 2.36. The number of aromatic nitrogens is 2. The molecule has 0 saturated carbocycles. The van der Waals surface area contributed by atoms with Crippen LogP contribution in [0, 0.1) is 0 Å². The monoisotopic (exact) mass is 259 g/mol. The lowest BCUT2D eigenvalue weighted by Crippen LogP contribution is -2.20. The van der Waals surface area contributed by atoms with E-state index in [1.165, 1.54) is 0 Å². The summed E-state index contributed by atoms with van der Waals surface area (Å²) in [6, 6.07) is 5.73. The fourth-order valence-corrected chi connectivity index (χ4v) is 2.33. The van der Waals surface area contributed by atoms with Crippen LogP contribution < -0.4 is 15.2 Å². The van der Waals surface area contributed by atoms with E-state index in [1.54, 1.807) is 4.68 Å². The van der Waals surface area contributed by atoms with Crippen LogP contribution in [0.2, 0.25) is 0 Å². The Morgan fingerprint density at radius 2 is 2.21 bits per heavy atom. The van der Waals surface area contributed by atoms with Gasteiger partial charge in [0.15, 0.2) is 11.5 Å². The molecular formula is C14H17N3O2. The average molecular weight is 259 g/mol. The summed E-state index contributed by atoms with van der Waals surface area (Å²) >= 11 is 0. The second-order valence-electron chi connectivity index (χ2n) is 4.70. The van der Waals surface area contributed by atoms with Crippen LogP contribution >= 0.6 is 0 Å². The van der Waals surface area contributed by atoms with Gasteiger partial charge in [-0.2, -0.15) is 5.10 Å². The van der Waals surface area contributed by atoms with Gasteiger partial charge in [-0.1, -0.05) is 12.1 Å². The molecule has 3 rings (SSSR count). The molecular weight excluding hydrogens is 242 g/mol. The number of fused-ring (bicyclic) bond motifs is 1. The summed E-state index contributed by atoms with van der Waals surface area (Å²) in [6.45, 7) is 1.16. The molecule has 5 nitrogen and oxygen atoms in total. The van der Waals surface area contributed by atoms with E-state index in [1.807, 2.05) is 37.6 Å². The number of hydrogen-bond acceptors (Lipinski definition) is 4. The Morgan fingerprint density at radius 3 is 3.00 bits per heavy atom. The standard InChI is InChI=1S/C14H17N3O2/c1-17-9-10(8-16-17)7-12(15)11-3-2-4-13-14(11)19-6-5-18-13/h2-4,8-9,12H,5-7,15H2,1H3. The molecule has 1 aromatic heterocycles. The van der Waals surface area contributed by atoms with Crippen molar-refractivity contribution in [1.29, 1.82) is 0 Å². The zero-order valence-corrected chi connectivity index (χ0v) is 10.9. The molecule has 1 aliphatic rings. The van der Waals surface area contributed by atoms with Crippen LogP contribution in [0.3, 0.4) is 0 Å². The summed E-state index contributed by atoms with van der Waals surface area (Å²) in [5, 5.41) is 4.16. The second kappa shape index (κ2) is 4.93. The van der Waals surface area contributed by atoms with E-state index in [9.17, 15) is 0 Å². The average Bonchev–Trinajstić information content (AvgIpc) is 2.83. The van der Waals surface area contributed by atoms with Crippen molar-refractivity contribution in [2.24, 2.45) is 12.8 Å². The lowest BCUT2D eigenvalue weighted by atomic mass is 10.00. The highest BCUT2D eigenvalue weighted by atomic mass is 16.6. The highest BCUT2D eigenvalue weighted by Gasteiger charge is 2.20. The first-order valence-electron chi connectivity index (χ1n) is 6.35. The van der Waals surface area contributed by atoms with E-state index < -0.39 is 0 Å². The molecule has 1 aromatic carbocycles. The molecule has 2 heterocycles. The SMILES string of the molecule is Cn1cc(CC(N)c2cccc3c2OCCO3)cn1. The minimum atomic E-state index is -0.124. The molecule has 0 aliphatic carbocycles. The van der Waals surface area contributed by atoms with Gasteiger partial charge in [0.2, 0.25) is 0 Å². The van der Waals surface area contributed by atoms with Gasteiger partial charge < -0.3 is 15.2 Å². The fourth-order valence-electron chi connectivity index (χ4n) is 2.33. The molecule has 2 N–H and O–H groups in total. The first-order valence-corrected chi connectivity index (χ1v) is 6.35. The molecule has 0 bridgehead atoms. The molecule has 0 spiro atoms. The van der Waals surface area contributed by atoms with Crippen molar-refractivity contribution in [3.05, 3.63) is 41.7 Å². The van der Waals surface area contributed by atoms with Gasteiger partial charge in [-0.25, -0.2) is 0 Å². The Bertz CT molecular complexity index is 580. The van der Waals surface area contributed by atoms with Crippen molar-refractivity contribution >= 4 is 0 Å². The van der Waals surface area contributed by atoms with Gasteiger partial charge in [0.1, 0.15) is 13.2 Å². The molecule has 0 saturated heterocycles. The fraction of sp³-hybridized carbons (Fsp3) is 0.357. The number of aryl methyl sites for hydroxylation is 1. The summed E-state index contributed by atoms with van der Waals surface area (Å²) < 4.78 is 13.0. The zero-order valence-electron chi connectivity index (χ0n) is 10.9. The number of nitrogens with zero attached hydrogens (tertiary/aromatic N) is 2. The summed E-state index contributed by atoms with van der Waals surface area (Å²) in [7, 11) is 1.90. The van der Waals surface area contributed by atoms with Crippen LogP contribution in [-0.4, -0.2) is 23.0 Å². The third-order valence-corrected chi connectivity index (χ3v) is 3.21. The topological polar surface area (TPSA) is 62.3 Å². The van der Waals surface area contributed by atoms with Crippen molar-refractivity contribution in [3.63, 3.8) is 0 Å². The van der Waals surface area contributed by atoms with Gasteiger partial charge in [-0.3, -0.25) is 4.68 Å².